The van der Waals surface area contributed by atoms with Gasteiger partial charge in [-0.2, -0.15) is 0 Å². The summed E-state index contributed by atoms with van der Waals surface area (Å²) in [5, 5.41) is 0. The minimum atomic E-state index is 0.197. The zero-order chi connectivity index (χ0) is 16.5. The molecule has 1 aliphatic heterocycles. The van der Waals surface area contributed by atoms with E-state index in [0.717, 1.165) is 31.6 Å². The van der Waals surface area contributed by atoms with Crippen LogP contribution in [0.3, 0.4) is 0 Å². The lowest BCUT2D eigenvalue weighted by Crippen LogP contribution is -2.34. The van der Waals surface area contributed by atoms with Crippen LogP contribution in [-0.2, 0) is 4.74 Å². The van der Waals surface area contributed by atoms with Crippen LogP contribution in [0.2, 0.25) is 0 Å². The monoisotopic (exact) mass is 323 g/mol. The zero-order valence-electron chi connectivity index (χ0n) is 14.2. The van der Waals surface area contributed by atoms with E-state index >= 15 is 0 Å². The molecule has 1 saturated carbocycles. The molecule has 24 heavy (non-hydrogen) atoms. The maximum absolute atomic E-state index is 6.04. The summed E-state index contributed by atoms with van der Waals surface area (Å²) in [6, 6.07) is 15.8. The number of hydrogen-bond donors (Lipinski definition) is 1. The average molecular weight is 323 g/mol. The van der Waals surface area contributed by atoms with Crippen LogP contribution in [0.15, 0.2) is 42.5 Å². The molecule has 1 unspecified atom stereocenters. The second-order valence-electron chi connectivity index (χ2n) is 7.13. The number of rotatable bonds is 4. The standard InChI is InChI=1S/C21H25NO2/c1-14-10-17(6-7-21(14)24-20-8-9-23-13-20)15-2-4-16(5-3-15)18-11-19(22)12-18/h2-7,10,18-20H,8-9,11-13,22H2,1H3. The lowest BCUT2D eigenvalue weighted by Gasteiger charge is -2.32. The summed E-state index contributed by atoms with van der Waals surface area (Å²) < 4.78 is 11.4. The molecule has 0 bridgehead atoms. The minimum absolute atomic E-state index is 0.197. The SMILES string of the molecule is Cc1cc(-c2ccc(C3CC(N)C3)cc2)ccc1OC1CCOC1. The Balaban J connectivity index is 1.48. The second kappa shape index (κ2) is 6.58. The van der Waals surface area contributed by atoms with Gasteiger partial charge in [-0.1, -0.05) is 30.3 Å². The molecule has 2 aromatic carbocycles. The van der Waals surface area contributed by atoms with E-state index in [4.69, 9.17) is 15.2 Å². The predicted molar refractivity (Wildman–Crippen MR) is 96.4 cm³/mol. The third kappa shape index (κ3) is 3.19. The Labute approximate surface area is 143 Å². The number of hydrogen-bond acceptors (Lipinski definition) is 3. The van der Waals surface area contributed by atoms with E-state index in [0.29, 0.717) is 18.6 Å². The molecule has 3 nitrogen and oxygen atoms in total. The first-order chi connectivity index (χ1) is 11.7. The van der Waals surface area contributed by atoms with Gasteiger partial charge in [0.25, 0.3) is 0 Å². The molecule has 0 spiro atoms. The van der Waals surface area contributed by atoms with Crippen LogP contribution < -0.4 is 10.5 Å². The maximum Gasteiger partial charge on any atom is 0.124 e. The maximum atomic E-state index is 6.04. The van der Waals surface area contributed by atoms with Gasteiger partial charge in [0.15, 0.2) is 0 Å². The Bertz CT molecular complexity index is 698. The molecule has 2 fully saturated rings. The van der Waals surface area contributed by atoms with E-state index < -0.39 is 0 Å². The third-order valence-corrected chi connectivity index (χ3v) is 5.25. The van der Waals surface area contributed by atoms with Gasteiger partial charge < -0.3 is 15.2 Å². The summed E-state index contributed by atoms with van der Waals surface area (Å²) in [6.07, 6.45) is 3.42. The largest absolute Gasteiger partial charge is 0.488 e. The first-order valence-corrected chi connectivity index (χ1v) is 8.90. The summed E-state index contributed by atoms with van der Waals surface area (Å²) in [4.78, 5) is 0. The van der Waals surface area contributed by atoms with Crippen molar-refractivity contribution in [1.82, 2.24) is 0 Å². The van der Waals surface area contributed by atoms with Crippen molar-refractivity contribution >= 4 is 0 Å². The minimum Gasteiger partial charge on any atom is -0.488 e. The number of aryl methyl sites for hydroxylation is 1. The van der Waals surface area contributed by atoms with Crippen molar-refractivity contribution < 1.29 is 9.47 Å². The molecule has 0 aromatic heterocycles. The molecule has 126 valence electrons. The van der Waals surface area contributed by atoms with E-state index in [1.54, 1.807) is 0 Å². The van der Waals surface area contributed by atoms with Gasteiger partial charge in [0.2, 0.25) is 0 Å². The molecule has 4 rings (SSSR count). The number of benzene rings is 2. The van der Waals surface area contributed by atoms with E-state index in [9.17, 15) is 0 Å². The van der Waals surface area contributed by atoms with Crippen molar-refractivity contribution in [2.45, 2.75) is 44.2 Å². The molecule has 1 heterocycles. The smallest absolute Gasteiger partial charge is 0.124 e. The fourth-order valence-electron chi connectivity index (χ4n) is 3.63. The van der Waals surface area contributed by atoms with Gasteiger partial charge in [0.05, 0.1) is 13.2 Å². The highest BCUT2D eigenvalue weighted by molar-refractivity contribution is 5.66. The van der Waals surface area contributed by atoms with Crippen LogP contribution in [-0.4, -0.2) is 25.4 Å². The van der Waals surface area contributed by atoms with Crippen LogP contribution in [0, 0.1) is 6.92 Å². The normalized spacial score (nSPS) is 26.2. The highest BCUT2D eigenvalue weighted by Gasteiger charge is 2.27. The topological polar surface area (TPSA) is 44.5 Å². The van der Waals surface area contributed by atoms with Crippen molar-refractivity contribution in [3.8, 4) is 16.9 Å². The van der Waals surface area contributed by atoms with E-state index in [-0.39, 0.29) is 6.10 Å². The molecule has 3 heteroatoms. The first-order valence-electron chi connectivity index (χ1n) is 8.90. The fourth-order valence-corrected chi connectivity index (χ4v) is 3.63. The lowest BCUT2D eigenvalue weighted by atomic mass is 9.76. The molecule has 2 N–H and O–H groups in total. The quantitative estimate of drug-likeness (QED) is 0.924. The summed E-state index contributed by atoms with van der Waals surface area (Å²) >= 11 is 0. The van der Waals surface area contributed by atoms with Crippen molar-refractivity contribution in [2.75, 3.05) is 13.2 Å². The van der Waals surface area contributed by atoms with Gasteiger partial charge in [-0.05, 0) is 60.1 Å². The van der Waals surface area contributed by atoms with Gasteiger partial charge in [0.1, 0.15) is 11.9 Å². The predicted octanol–water partition coefficient (Wildman–Crippen LogP) is 4.03. The molecule has 1 atom stereocenters. The van der Waals surface area contributed by atoms with Gasteiger partial charge in [-0.3, -0.25) is 0 Å². The van der Waals surface area contributed by atoms with Crippen LogP contribution >= 0.6 is 0 Å². The molecule has 0 radical (unpaired) electrons. The van der Waals surface area contributed by atoms with Crippen LogP contribution in [0.4, 0.5) is 0 Å². The van der Waals surface area contributed by atoms with E-state index in [2.05, 4.69) is 49.4 Å². The van der Waals surface area contributed by atoms with Crippen molar-refractivity contribution in [2.24, 2.45) is 5.73 Å². The van der Waals surface area contributed by atoms with Crippen LogP contribution in [0.1, 0.15) is 36.3 Å². The highest BCUT2D eigenvalue weighted by Crippen LogP contribution is 2.36. The summed E-state index contributed by atoms with van der Waals surface area (Å²) in [6.45, 7) is 3.62. The lowest BCUT2D eigenvalue weighted by molar-refractivity contribution is 0.141. The Hall–Kier alpha value is -1.84. The zero-order valence-corrected chi connectivity index (χ0v) is 14.2. The van der Waals surface area contributed by atoms with Crippen LogP contribution in [0.25, 0.3) is 11.1 Å². The summed E-state index contributed by atoms with van der Waals surface area (Å²) in [5.41, 5.74) is 11.0. The highest BCUT2D eigenvalue weighted by atomic mass is 16.5. The summed E-state index contributed by atoms with van der Waals surface area (Å²) in [7, 11) is 0. The molecule has 0 amide bonds. The van der Waals surface area contributed by atoms with Crippen molar-refractivity contribution in [1.29, 1.82) is 0 Å². The van der Waals surface area contributed by atoms with E-state index in [1.807, 2.05) is 0 Å². The van der Waals surface area contributed by atoms with Gasteiger partial charge in [-0.15, -0.1) is 0 Å². The number of nitrogens with two attached hydrogens (primary N) is 1. The summed E-state index contributed by atoms with van der Waals surface area (Å²) in [5.74, 6) is 1.62. The Kier molecular flexibility index (Phi) is 4.30. The van der Waals surface area contributed by atoms with E-state index in [1.165, 1.54) is 22.3 Å². The second-order valence-corrected chi connectivity index (χ2v) is 7.13. The molecule has 2 aromatic rings. The van der Waals surface area contributed by atoms with Crippen LogP contribution in [0.5, 0.6) is 5.75 Å². The molecule has 1 saturated heterocycles. The Morgan fingerprint density at radius 3 is 2.42 bits per heavy atom. The molecular formula is C21H25NO2. The van der Waals surface area contributed by atoms with Gasteiger partial charge in [-0.25, -0.2) is 0 Å². The number of ether oxygens (including phenoxy) is 2. The molecular weight excluding hydrogens is 298 g/mol. The first kappa shape index (κ1) is 15.7. The van der Waals surface area contributed by atoms with Gasteiger partial charge in [0, 0.05) is 12.5 Å². The van der Waals surface area contributed by atoms with Gasteiger partial charge >= 0.3 is 0 Å². The Morgan fingerprint density at radius 2 is 1.79 bits per heavy atom. The molecule has 2 aliphatic rings. The van der Waals surface area contributed by atoms with Crippen molar-refractivity contribution in [3.05, 3.63) is 53.6 Å². The third-order valence-electron chi connectivity index (χ3n) is 5.25. The molecule has 1 aliphatic carbocycles. The Morgan fingerprint density at radius 1 is 1.04 bits per heavy atom. The average Bonchev–Trinajstić information content (AvgIpc) is 3.07. The fraction of sp³-hybridized carbons (Fsp3) is 0.429. The van der Waals surface area contributed by atoms with Crippen molar-refractivity contribution in [3.63, 3.8) is 0 Å².